The van der Waals surface area contributed by atoms with Crippen molar-refractivity contribution in [1.82, 2.24) is 0 Å². The molecule has 14 heavy (non-hydrogen) atoms. The Bertz CT molecular complexity index is 483. The van der Waals surface area contributed by atoms with Crippen LogP contribution < -0.4 is 5.46 Å². The summed E-state index contributed by atoms with van der Waals surface area (Å²) >= 11 is 9.12. The molecular weight excluding hydrogens is 283 g/mol. The van der Waals surface area contributed by atoms with E-state index in [0.29, 0.717) is 14.8 Å². The van der Waals surface area contributed by atoms with Gasteiger partial charge in [-0.25, -0.2) is 0 Å². The van der Waals surface area contributed by atoms with Crippen molar-refractivity contribution < 1.29 is 10.0 Å². The lowest BCUT2D eigenvalue weighted by molar-refractivity contribution is 0.425. The molecule has 0 fully saturated rings. The van der Waals surface area contributed by atoms with Crippen LogP contribution >= 0.6 is 39.9 Å². The predicted molar refractivity (Wildman–Crippen MR) is 66.6 cm³/mol. The van der Waals surface area contributed by atoms with Gasteiger partial charge in [0.15, 0.2) is 0 Å². The van der Waals surface area contributed by atoms with Crippen molar-refractivity contribution in [2.45, 2.75) is 4.90 Å². The fourth-order valence-corrected chi connectivity index (χ4v) is 3.48. The minimum absolute atomic E-state index is 0.420. The summed E-state index contributed by atoms with van der Waals surface area (Å²) in [6.45, 7) is 0. The molecular formula is C8H6BBrO2S2. The lowest BCUT2D eigenvalue weighted by Crippen LogP contribution is -2.32. The first kappa shape index (κ1) is 10.5. The lowest BCUT2D eigenvalue weighted by Gasteiger charge is -2.07. The first-order chi connectivity index (χ1) is 6.61. The largest absolute Gasteiger partial charge is 0.490 e. The van der Waals surface area contributed by atoms with Gasteiger partial charge in [-0.15, -0.1) is 24.0 Å². The standard InChI is InChI=1S/C8H6BBrO2S2/c10-5-3-4-1-2-14-8(4)7(13)6(5)9(11)12/h1-3,11-13H. The number of hydrogen-bond acceptors (Lipinski definition) is 4. The molecule has 0 spiro atoms. The number of thiol groups is 1. The number of benzene rings is 1. The van der Waals surface area contributed by atoms with Crippen LogP contribution in [0.3, 0.4) is 0 Å². The molecule has 0 radical (unpaired) electrons. The van der Waals surface area contributed by atoms with Crippen molar-refractivity contribution in [3.8, 4) is 0 Å². The highest BCUT2D eigenvalue weighted by atomic mass is 79.9. The SMILES string of the molecule is OB(O)c1c(Br)cc2ccsc2c1S. The van der Waals surface area contributed by atoms with Gasteiger partial charge in [-0.3, -0.25) is 0 Å². The molecule has 1 aromatic carbocycles. The topological polar surface area (TPSA) is 40.5 Å². The predicted octanol–water partition coefficient (Wildman–Crippen LogP) is 1.63. The highest BCUT2D eigenvalue weighted by molar-refractivity contribution is 9.10. The van der Waals surface area contributed by atoms with Crippen LogP contribution in [0.5, 0.6) is 0 Å². The molecule has 2 nitrogen and oxygen atoms in total. The maximum atomic E-state index is 9.16. The van der Waals surface area contributed by atoms with E-state index in [2.05, 4.69) is 28.6 Å². The summed E-state index contributed by atoms with van der Waals surface area (Å²) in [5, 5.41) is 21.3. The van der Waals surface area contributed by atoms with E-state index in [9.17, 15) is 0 Å². The molecule has 0 saturated carbocycles. The van der Waals surface area contributed by atoms with E-state index in [0.717, 1.165) is 10.1 Å². The second kappa shape index (κ2) is 3.86. The Kier molecular flexibility index (Phi) is 2.90. The van der Waals surface area contributed by atoms with Crippen LogP contribution in [0.25, 0.3) is 10.1 Å². The maximum absolute atomic E-state index is 9.16. The summed E-state index contributed by atoms with van der Waals surface area (Å²) < 4.78 is 1.64. The van der Waals surface area contributed by atoms with Crippen LogP contribution in [-0.4, -0.2) is 17.2 Å². The maximum Gasteiger partial charge on any atom is 0.490 e. The lowest BCUT2D eigenvalue weighted by atomic mass is 9.80. The molecule has 2 rings (SSSR count). The molecule has 0 amide bonds. The van der Waals surface area contributed by atoms with Crippen molar-refractivity contribution in [3.05, 3.63) is 22.0 Å². The smallest absolute Gasteiger partial charge is 0.423 e. The van der Waals surface area contributed by atoms with E-state index in [4.69, 9.17) is 10.0 Å². The molecule has 0 aliphatic carbocycles. The fraction of sp³-hybridized carbons (Fsp3) is 0. The molecule has 6 heteroatoms. The molecule has 2 N–H and O–H groups in total. The zero-order valence-corrected chi connectivity index (χ0v) is 10.2. The van der Waals surface area contributed by atoms with Gasteiger partial charge >= 0.3 is 7.12 Å². The van der Waals surface area contributed by atoms with Crippen molar-refractivity contribution in [3.63, 3.8) is 0 Å². The van der Waals surface area contributed by atoms with Crippen molar-refractivity contribution in [1.29, 1.82) is 0 Å². The number of rotatable bonds is 1. The van der Waals surface area contributed by atoms with Crippen molar-refractivity contribution >= 4 is 62.6 Å². The van der Waals surface area contributed by atoms with Crippen LogP contribution in [-0.2, 0) is 0 Å². The summed E-state index contributed by atoms with van der Waals surface area (Å²) in [6.07, 6.45) is 0. The highest BCUT2D eigenvalue weighted by Gasteiger charge is 2.20. The van der Waals surface area contributed by atoms with Gasteiger partial charge in [0, 0.05) is 19.5 Å². The highest BCUT2D eigenvalue weighted by Crippen LogP contribution is 2.29. The molecule has 0 saturated heterocycles. The normalized spacial score (nSPS) is 10.9. The van der Waals surface area contributed by atoms with Gasteiger partial charge in [-0.05, 0) is 22.9 Å². The summed E-state index contributed by atoms with van der Waals surface area (Å²) in [6, 6.07) is 3.83. The van der Waals surface area contributed by atoms with Crippen LogP contribution in [0, 0.1) is 0 Å². The van der Waals surface area contributed by atoms with E-state index in [1.807, 2.05) is 17.5 Å². The minimum Gasteiger partial charge on any atom is -0.423 e. The van der Waals surface area contributed by atoms with Gasteiger partial charge < -0.3 is 10.0 Å². The molecule has 0 aliphatic rings. The van der Waals surface area contributed by atoms with Crippen LogP contribution in [0.4, 0.5) is 0 Å². The molecule has 1 heterocycles. The Morgan fingerprint density at radius 2 is 2.14 bits per heavy atom. The number of hydrogen-bond donors (Lipinski definition) is 3. The van der Waals surface area contributed by atoms with Crippen LogP contribution in [0.15, 0.2) is 26.9 Å². The second-order valence-corrected chi connectivity index (χ2v) is 5.05. The van der Waals surface area contributed by atoms with Gasteiger partial charge in [0.05, 0.1) is 0 Å². The van der Waals surface area contributed by atoms with Gasteiger partial charge in [-0.2, -0.15) is 0 Å². The average molecular weight is 289 g/mol. The fourth-order valence-electron chi connectivity index (χ4n) is 1.32. The summed E-state index contributed by atoms with van der Waals surface area (Å²) in [7, 11) is -1.50. The molecule has 1 aromatic heterocycles. The monoisotopic (exact) mass is 288 g/mol. The van der Waals surface area contributed by atoms with Gasteiger partial charge in [0.25, 0.3) is 0 Å². The third kappa shape index (κ3) is 1.61. The van der Waals surface area contributed by atoms with E-state index >= 15 is 0 Å². The molecule has 0 unspecified atom stereocenters. The Hall–Kier alpha value is -0.00506. The Morgan fingerprint density at radius 3 is 2.79 bits per heavy atom. The number of thiophene rings is 1. The Labute approximate surface area is 99.3 Å². The van der Waals surface area contributed by atoms with Crippen LogP contribution in [0.2, 0.25) is 0 Å². The molecule has 0 atom stereocenters. The van der Waals surface area contributed by atoms with E-state index in [1.165, 1.54) is 11.3 Å². The zero-order valence-electron chi connectivity index (χ0n) is 6.94. The third-order valence-electron chi connectivity index (χ3n) is 1.96. The quantitative estimate of drug-likeness (QED) is 0.551. The van der Waals surface area contributed by atoms with Crippen molar-refractivity contribution in [2.75, 3.05) is 0 Å². The summed E-state index contributed by atoms with van der Waals surface area (Å²) in [5.41, 5.74) is 0.420. The molecule has 2 aromatic rings. The third-order valence-corrected chi connectivity index (χ3v) is 4.18. The first-order valence-corrected chi connectivity index (χ1v) is 5.98. The number of halogens is 1. The summed E-state index contributed by atoms with van der Waals surface area (Å²) in [4.78, 5) is 0.624. The zero-order chi connectivity index (χ0) is 10.3. The summed E-state index contributed by atoms with van der Waals surface area (Å²) in [5.74, 6) is 0. The molecule has 72 valence electrons. The minimum atomic E-state index is -1.50. The Balaban J connectivity index is 2.82. The van der Waals surface area contributed by atoms with Crippen molar-refractivity contribution in [2.24, 2.45) is 0 Å². The van der Waals surface area contributed by atoms with Gasteiger partial charge in [0.1, 0.15) is 0 Å². The van der Waals surface area contributed by atoms with Gasteiger partial charge in [-0.1, -0.05) is 15.9 Å². The average Bonchev–Trinajstić information content (AvgIpc) is 2.50. The van der Waals surface area contributed by atoms with Crippen LogP contribution in [0.1, 0.15) is 0 Å². The van der Waals surface area contributed by atoms with E-state index in [1.54, 1.807) is 0 Å². The van der Waals surface area contributed by atoms with E-state index in [-0.39, 0.29) is 0 Å². The first-order valence-electron chi connectivity index (χ1n) is 3.86. The van der Waals surface area contributed by atoms with Gasteiger partial charge in [0.2, 0.25) is 0 Å². The molecule has 0 aliphatic heterocycles. The molecule has 0 bridgehead atoms. The van der Waals surface area contributed by atoms with E-state index < -0.39 is 7.12 Å². The number of fused-ring (bicyclic) bond motifs is 1. The Morgan fingerprint density at radius 1 is 1.43 bits per heavy atom. The second-order valence-electron chi connectivity index (χ2n) is 2.83.